The summed E-state index contributed by atoms with van der Waals surface area (Å²) in [6.07, 6.45) is 0.977. The first-order valence-corrected chi connectivity index (χ1v) is 3.82. The van der Waals surface area contributed by atoms with E-state index in [2.05, 4.69) is 14.3 Å². The second kappa shape index (κ2) is 6.70. The van der Waals surface area contributed by atoms with Crippen LogP contribution in [0.4, 0.5) is 4.79 Å². The van der Waals surface area contributed by atoms with E-state index in [0.29, 0.717) is 0 Å². The highest BCUT2D eigenvalue weighted by Gasteiger charge is 2.12. The number of hydrogen-bond donors (Lipinski definition) is 0. The summed E-state index contributed by atoms with van der Waals surface area (Å²) in [5, 5.41) is 8.74. The third kappa shape index (κ3) is 6.89. The van der Waals surface area contributed by atoms with Gasteiger partial charge < -0.3 is 9.47 Å². The first kappa shape index (κ1) is 12.2. The maximum Gasteiger partial charge on any atom is 0.510 e. The first-order chi connectivity index (χ1) is 6.56. The van der Waals surface area contributed by atoms with Crippen LogP contribution in [0.15, 0.2) is 12.2 Å². The van der Waals surface area contributed by atoms with Crippen LogP contribution in [0.5, 0.6) is 0 Å². The summed E-state index contributed by atoms with van der Waals surface area (Å²) in [4.78, 5) is 24.4. The molecule has 0 aromatic rings. The zero-order chi connectivity index (χ0) is 11.0. The molecule has 0 aromatic carbocycles. The van der Waals surface area contributed by atoms with Gasteiger partial charge in [0.05, 0.1) is 0 Å². The minimum atomic E-state index is -1.27. The van der Waals surface area contributed by atoms with E-state index in [-0.39, 0.29) is 6.61 Å². The van der Waals surface area contributed by atoms with Gasteiger partial charge in [0.1, 0.15) is 6.61 Å². The molecule has 0 amide bonds. The standard InChI is InChI=1S/C7H11NO6/c1-3-4-5-12-7(9)13-6(2)14-8(10)11/h3-4,6H,5H2,1-2H3/b4-3-. The average Bonchev–Trinajstić information content (AvgIpc) is 2.02. The van der Waals surface area contributed by atoms with Gasteiger partial charge in [-0.2, -0.15) is 0 Å². The highest BCUT2D eigenvalue weighted by atomic mass is 17.0. The summed E-state index contributed by atoms with van der Waals surface area (Å²) in [5.41, 5.74) is 0. The predicted octanol–water partition coefficient (Wildman–Crippen LogP) is 1.27. The molecule has 0 bridgehead atoms. The Morgan fingerprint density at radius 3 is 2.79 bits per heavy atom. The van der Waals surface area contributed by atoms with E-state index in [0.717, 1.165) is 0 Å². The van der Waals surface area contributed by atoms with Crippen LogP contribution in [0.25, 0.3) is 0 Å². The Morgan fingerprint density at radius 1 is 1.64 bits per heavy atom. The number of ether oxygens (including phenoxy) is 2. The molecule has 1 unspecified atom stereocenters. The van der Waals surface area contributed by atoms with Crippen molar-refractivity contribution in [2.24, 2.45) is 0 Å². The fourth-order valence-electron chi connectivity index (χ4n) is 0.525. The Hall–Kier alpha value is -1.79. The van der Waals surface area contributed by atoms with Crippen LogP contribution < -0.4 is 0 Å². The lowest BCUT2D eigenvalue weighted by molar-refractivity contribution is -0.777. The quantitative estimate of drug-likeness (QED) is 0.221. The molecular formula is C7H11NO6. The molecule has 0 N–H and O–H groups in total. The highest BCUT2D eigenvalue weighted by molar-refractivity contribution is 5.60. The molecule has 0 heterocycles. The molecule has 7 nitrogen and oxygen atoms in total. The fourth-order valence-corrected chi connectivity index (χ4v) is 0.525. The van der Waals surface area contributed by atoms with Gasteiger partial charge in [0.15, 0.2) is 0 Å². The van der Waals surface area contributed by atoms with Gasteiger partial charge in [-0.05, 0) is 13.8 Å². The van der Waals surface area contributed by atoms with Crippen molar-refractivity contribution in [1.82, 2.24) is 0 Å². The number of rotatable bonds is 5. The Kier molecular flexibility index (Phi) is 5.84. The molecule has 14 heavy (non-hydrogen) atoms. The van der Waals surface area contributed by atoms with Crippen molar-refractivity contribution in [2.75, 3.05) is 6.61 Å². The molecule has 0 aliphatic rings. The molecule has 0 fully saturated rings. The SMILES string of the molecule is C/C=C\COC(=O)OC(C)O[N+](=O)[O-]. The van der Waals surface area contributed by atoms with Crippen molar-refractivity contribution < 1.29 is 24.2 Å². The second-order valence-corrected chi connectivity index (χ2v) is 2.14. The predicted molar refractivity (Wildman–Crippen MR) is 44.8 cm³/mol. The minimum absolute atomic E-state index is 0.0561. The van der Waals surface area contributed by atoms with Gasteiger partial charge >= 0.3 is 6.16 Å². The van der Waals surface area contributed by atoms with Gasteiger partial charge in [-0.1, -0.05) is 12.2 Å². The van der Waals surface area contributed by atoms with Crippen molar-refractivity contribution in [3.05, 3.63) is 22.3 Å². The Balaban J connectivity index is 3.65. The molecule has 0 aromatic heterocycles. The Bertz CT molecular complexity index is 226. The van der Waals surface area contributed by atoms with E-state index in [1.807, 2.05) is 0 Å². The Labute approximate surface area is 80.3 Å². The Morgan fingerprint density at radius 2 is 2.29 bits per heavy atom. The molecule has 0 rings (SSSR count). The molecule has 1 atom stereocenters. The summed E-state index contributed by atoms with van der Waals surface area (Å²) in [5.74, 6) is 0. The maximum absolute atomic E-state index is 10.7. The zero-order valence-electron chi connectivity index (χ0n) is 7.84. The molecule has 0 saturated carbocycles. The molecule has 0 aliphatic heterocycles. The summed E-state index contributed by atoms with van der Waals surface area (Å²) in [7, 11) is 0. The topological polar surface area (TPSA) is 87.9 Å². The third-order valence-electron chi connectivity index (χ3n) is 1.03. The van der Waals surface area contributed by atoms with Crippen molar-refractivity contribution in [3.63, 3.8) is 0 Å². The lowest BCUT2D eigenvalue weighted by Crippen LogP contribution is -2.21. The third-order valence-corrected chi connectivity index (χ3v) is 1.03. The van der Waals surface area contributed by atoms with E-state index >= 15 is 0 Å². The minimum Gasteiger partial charge on any atom is -0.430 e. The van der Waals surface area contributed by atoms with Gasteiger partial charge in [-0.25, -0.2) is 4.79 Å². The van der Waals surface area contributed by atoms with E-state index < -0.39 is 17.5 Å². The lowest BCUT2D eigenvalue weighted by Gasteiger charge is -2.09. The van der Waals surface area contributed by atoms with Crippen LogP contribution in [0.1, 0.15) is 13.8 Å². The van der Waals surface area contributed by atoms with E-state index in [9.17, 15) is 14.9 Å². The van der Waals surface area contributed by atoms with Crippen LogP contribution in [0.2, 0.25) is 0 Å². The summed E-state index contributed by atoms with van der Waals surface area (Å²) >= 11 is 0. The van der Waals surface area contributed by atoms with Gasteiger partial charge in [-0.15, -0.1) is 10.1 Å². The normalized spacial score (nSPS) is 12.1. The molecule has 0 radical (unpaired) electrons. The van der Waals surface area contributed by atoms with E-state index in [1.165, 1.54) is 6.92 Å². The second-order valence-electron chi connectivity index (χ2n) is 2.14. The maximum atomic E-state index is 10.7. The van der Waals surface area contributed by atoms with Gasteiger partial charge in [-0.3, -0.25) is 4.84 Å². The number of carbonyl (C=O) groups is 1. The fraction of sp³-hybridized carbons (Fsp3) is 0.571. The number of allylic oxidation sites excluding steroid dienone is 1. The molecule has 0 saturated heterocycles. The van der Waals surface area contributed by atoms with Crippen LogP contribution in [-0.4, -0.2) is 24.1 Å². The highest BCUT2D eigenvalue weighted by Crippen LogP contribution is 1.96. The monoisotopic (exact) mass is 205 g/mol. The van der Waals surface area contributed by atoms with Gasteiger partial charge in [0.2, 0.25) is 6.29 Å². The van der Waals surface area contributed by atoms with Crippen molar-refractivity contribution in [3.8, 4) is 0 Å². The van der Waals surface area contributed by atoms with Gasteiger partial charge in [0, 0.05) is 0 Å². The van der Waals surface area contributed by atoms with E-state index in [1.54, 1.807) is 19.1 Å². The molecule has 0 aliphatic carbocycles. The lowest BCUT2D eigenvalue weighted by atomic mass is 10.6. The summed E-state index contributed by atoms with van der Waals surface area (Å²) < 4.78 is 8.83. The molecule has 0 spiro atoms. The summed E-state index contributed by atoms with van der Waals surface area (Å²) in [6, 6.07) is 0. The largest absolute Gasteiger partial charge is 0.510 e. The number of nitrogens with zero attached hydrogens (tertiary/aromatic N) is 1. The van der Waals surface area contributed by atoms with Crippen molar-refractivity contribution in [2.45, 2.75) is 20.1 Å². The molecular weight excluding hydrogens is 194 g/mol. The van der Waals surface area contributed by atoms with Crippen molar-refractivity contribution in [1.29, 1.82) is 0 Å². The van der Waals surface area contributed by atoms with Crippen molar-refractivity contribution >= 4 is 6.16 Å². The van der Waals surface area contributed by atoms with Crippen LogP contribution in [0.3, 0.4) is 0 Å². The molecule has 80 valence electrons. The first-order valence-electron chi connectivity index (χ1n) is 3.82. The average molecular weight is 205 g/mol. The van der Waals surface area contributed by atoms with Crippen LogP contribution in [0, 0.1) is 10.1 Å². The zero-order valence-corrected chi connectivity index (χ0v) is 7.84. The smallest absolute Gasteiger partial charge is 0.430 e. The van der Waals surface area contributed by atoms with Gasteiger partial charge in [0.25, 0.3) is 5.09 Å². The molecule has 7 heteroatoms. The van der Waals surface area contributed by atoms with Crippen LogP contribution >= 0.6 is 0 Å². The number of carbonyl (C=O) groups excluding carboxylic acids is 1. The van der Waals surface area contributed by atoms with E-state index in [4.69, 9.17) is 0 Å². The van der Waals surface area contributed by atoms with Crippen LogP contribution in [-0.2, 0) is 14.3 Å². The summed E-state index contributed by atoms with van der Waals surface area (Å²) in [6.45, 7) is 3.02. The number of hydrogen-bond acceptors (Lipinski definition) is 6.